The Morgan fingerprint density at radius 3 is 1.83 bits per heavy atom. The average Bonchev–Trinajstić information content (AvgIpc) is 2.77. The summed E-state index contributed by atoms with van der Waals surface area (Å²) in [5.41, 5.74) is 4.92. The van der Waals surface area contributed by atoms with Crippen molar-refractivity contribution >= 4 is 17.8 Å². The van der Waals surface area contributed by atoms with Crippen molar-refractivity contribution in [2.75, 3.05) is 52.4 Å². The zero-order valence-corrected chi connectivity index (χ0v) is 13.6. The van der Waals surface area contributed by atoms with E-state index < -0.39 is 6.03 Å². The van der Waals surface area contributed by atoms with E-state index in [1.807, 2.05) is 9.80 Å². The molecule has 2 rings (SSSR count). The number of amides is 4. The third-order valence-corrected chi connectivity index (χ3v) is 4.41. The fourth-order valence-corrected chi connectivity index (χ4v) is 3.10. The Morgan fingerprint density at radius 2 is 1.30 bits per heavy atom. The predicted molar refractivity (Wildman–Crippen MR) is 85.7 cm³/mol. The van der Waals surface area contributed by atoms with Crippen molar-refractivity contribution in [2.24, 2.45) is 5.73 Å². The van der Waals surface area contributed by atoms with Gasteiger partial charge in [-0.15, -0.1) is 0 Å². The Kier molecular flexibility index (Phi) is 6.79. The van der Waals surface area contributed by atoms with Gasteiger partial charge in [0, 0.05) is 39.3 Å². The molecule has 0 aromatic rings. The van der Waals surface area contributed by atoms with E-state index in [9.17, 15) is 14.4 Å². The zero-order chi connectivity index (χ0) is 16.7. The Balaban J connectivity index is 1.68. The van der Waals surface area contributed by atoms with E-state index in [4.69, 9.17) is 5.73 Å². The quantitative estimate of drug-likeness (QED) is 0.705. The highest BCUT2D eigenvalue weighted by Crippen LogP contribution is 2.10. The predicted octanol–water partition coefficient (Wildman–Crippen LogP) is -0.798. The largest absolute Gasteiger partial charge is 0.351 e. The number of nitrogens with zero attached hydrogens (tertiary/aromatic N) is 3. The summed E-state index contributed by atoms with van der Waals surface area (Å²) >= 11 is 0. The van der Waals surface area contributed by atoms with E-state index in [0.29, 0.717) is 19.6 Å². The van der Waals surface area contributed by atoms with Gasteiger partial charge in [0.1, 0.15) is 0 Å². The van der Waals surface area contributed by atoms with Crippen molar-refractivity contribution in [1.29, 1.82) is 0 Å². The van der Waals surface area contributed by atoms with Crippen LogP contribution in [0.4, 0.5) is 4.79 Å². The zero-order valence-electron chi connectivity index (χ0n) is 13.6. The minimum atomic E-state index is -0.823. The number of hydrogen-bond donors (Lipinski definition) is 2. The van der Waals surface area contributed by atoms with Crippen LogP contribution in [0.2, 0.25) is 0 Å². The van der Waals surface area contributed by atoms with Crippen molar-refractivity contribution in [3.8, 4) is 0 Å². The van der Waals surface area contributed by atoms with E-state index in [1.54, 1.807) is 0 Å². The summed E-state index contributed by atoms with van der Waals surface area (Å²) in [6.07, 6.45) is 4.65. The van der Waals surface area contributed by atoms with Crippen LogP contribution in [-0.4, -0.2) is 84.9 Å². The summed E-state index contributed by atoms with van der Waals surface area (Å²) in [6, 6.07) is -0.823. The van der Waals surface area contributed by atoms with E-state index in [0.717, 1.165) is 39.0 Å². The molecule has 8 nitrogen and oxygen atoms in total. The lowest BCUT2D eigenvalue weighted by molar-refractivity contribution is -0.133. The first-order chi connectivity index (χ1) is 11.0. The Morgan fingerprint density at radius 1 is 0.783 bits per heavy atom. The smallest absolute Gasteiger partial charge is 0.318 e. The summed E-state index contributed by atoms with van der Waals surface area (Å²) in [6.45, 7) is 5.31. The molecule has 0 bridgehead atoms. The number of rotatable bonds is 4. The van der Waals surface area contributed by atoms with Crippen LogP contribution in [0.1, 0.15) is 25.7 Å². The van der Waals surface area contributed by atoms with Gasteiger partial charge in [-0.3, -0.25) is 24.7 Å². The van der Waals surface area contributed by atoms with Gasteiger partial charge in [-0.2, -0.15) is 0 Å². The summed E-state index contributed by atoms with van der Waals surface area (Å²) in [5, 5.41) is 2.07. The molecule has 0 aliphatic carbocycles. The van der Waals surface area contributed by atoms with Crippen LogP contribution >= 0.6 is 0 Å². The molecule has 2 saturated heterocycles. The molecule has 23 heavy (non-hydrogen) atoms. The molecule has 0 aromatic carbocycles. The average molecular weight is 325 g/mol. The molecule has 2 aliphatic rings. The maximum Gasteiger partial charge on any atom is 0.318 e. The van der Waals surface area contributed by atoms with E-state index in [2.05, 4.69) is 10.2 Å². The molecular weight excluding hydrogens is 298 g/mol. The van der Waals surface area contributed by atoms with Crippen molar-refractivity contribution in [1.82, 2.24) is 20.0 Å². The topological polar surface area (TPSA) is 99.0 Å². The van der Waals surface area contributed by atoms with Gasteiger partial charge in [-0.05, 0) is 12.8 Å². The number of carbonyl (C=O) groups excluding carboxylic acids is 3. The summed E-state index contributed by atoms with van der Waals surface area (Å²) < 4.78 is 0. The first-order valence-corrected chi connectivity index (χ1v) is 8.36. The van der Waals surface area contributed by atoms with Gasteiger partial charge in [0.15, 0.2) is 0 Å². The molecule has 3 N–H and O–H groups in total. The molecular formula is C15H27N5O3. The van der Waals surface area contributed by atoms with Crippen molar-refractivity contribution in [3.05, 3.63) is 0 Å². The lowest BCUT2D eigenvalue weighted by Gasteiger charge is -2.34. The number of likely N-dealkylation sites (tertiary alicyclic amines) is 1. The number of nitrogens with two attached hydrogens (primary N) is 1. The highest BCUT2D eigenvalue weighted by atomic mass is 16.2. The van der Waals surface area contributed by atoms with Gasteiger partial charge in [0.05, 0.1) is 13.1 Å². The Bertz CT molecular complexity index is 427. The second-order valence-corrected chi connectivity index (χ2v) is 6.26. The third kappa shape index (κ3) is 6.15. The molecule has 8 heteroatoms. The van der Waals surface area contributed by atoms with Crippen LogP contribution < -0.4 is 11.1 Å². The van der Waals surface area contributed by atoms with E-state index in [1.165, 1.54) is 12.8 Å². The van der Waals surface area contributed by atoms with Crippen LogP contribution in [0, 0.1) is 0 Å². The van der Waals surface area contributed by atoms with Gasteiger partial charge in [0.2, 0.25) is 11.8 Å². The number of carbonyl (C=O) groups is 3. The van der Waals surface area contributed by atoms with E-state index in [-0.39, 0.29) is 18.4 Å². The summed E-state index contributed by atoms with van der Waals surface area (Å²) in [7, 11) is 0. The standard InChI is InChI=1S/C15H27N5O3/c16-15(23)17-13(21)11-18-7-9-19(10-8-18)12-14(22)20-5-3-1-2-4-6-20/h1-12H2,(H3,16,17,21,23). The molecule has 0 unspecified atom stereocenters. The number of primary amides is 1. The first-order valence-electron chi connectivity index (χ1n) is 8.36. The molecule has 0 atom stereocenters. The summed E-state index contributed by atoms with van der Waals surface area (Å²) in [5.74, 6) is -0.168. The molecule has 0 spiro atoms. The number of nitrogens with one attached hydrogen (secondary N) is 1. The molecule has 2 aliphatic heterocycles. The molecule has 2 heterocycles. The molecule has 4 amide bonds. The van der Waals surface area contributed by atoms with Gasteiger partial charge >= 0.3 is 6.03 Å². The van der Waals surface area contributed by atoms with Crippen molar-refractivity contribution in [3.63, 3.8) is 0 Å². The molecule has 0 aromatic heterocycles. The van der Waals surface area contributed by atoms with Gasteiger partial charge < -0.3 is 10.6 Å². The van der Waals surface area contributed by atoms with E-state index >= 15 is 0 Å². The fourth-order valence-electron chi connectivity index (χ4n) is 3.10. The van der Waals surface area contributed by atoms with Crippen LogP contribution in [0.15, 0.2) is 0 Å². The number of urea groups is 1. The van der Waals surface area contributed by atoms with Gasteiger partial charge in [-0.1, -0.05) is 12.8 Å². The van der Waals surface area contributed by atoms with Crippen molar-refractivity contribution in [2.45, 2.75) is 25.7 Å². The lowest BCUT2D eigenvalue weighted by atomic mass is 10.2. The molecule has 2 fully saturated rings. The Labute approximate surface area is 136 Å². The maximum atomic E-state index is 12.4. The van der Waals surface area contributed by atoms with Gasteiger partial charge in [-0.25, -0.2) is 4.79 Å². The van der Waals surface area contributed by atoms with Crippen LogP contribution in [0.5, 0.6) is 0 Å². The molecule has 130 valence electrons. The SMILES string of the molecule is NC(=O)NC(=O)CN1CCN(CC(=O)N2CCCCCC2)CC1. The Hall–Kier alpha value is -1.67. The molecule has 0 saturated carbocycles. The number of hydrogen-bond acceptors (Lipinski definition) is 5. The second kappa shape index (κ2) is 8.83. The highest BCUT2D eigenvalue weighted by Gasteiger charge is 2.23. The maximum absolute atomic E-state index is 12.4. The summed E-state index contributed by atoms with van der Waals surface area (Å²) in [4.78, 5) is 40.6. The van der Waals surface area contributed by atoms with Gasteiger partial charge in [0.25, 0.3) is 0 Å². The number of piperazine rings is 1. The third-order valence-electron chi connectivity index (χ3n) is 4.41. The second-order valence-electron chi connectivity index (χ2n) is 6.26. The van der Waals surface area contributed by atoms with Crippen LogP contribution in [0.25, 0.3) is 0 Å². The lowest BCUT2D eigenvalue weighted by Crippen LogP contribution is -2.52. The highest BCUT2D eigenvalue weighted by molar-refractivity contribution is 5.94. The minimum absolute atomic E-state index is 0.164. The normalized spacial score (nSPS) is 20.8. The first kappa shape index (κ1) is 17.7. The van der Waals surface area contributed by atoms with Crippen LogP contribution in [-0.2, 0) is 9.59 Å². The fraction of sp³-hybridized carbons (Fsp3) is 0.800. The van der Waals surface area contributed by atoms with Crippen molar-refractivity contribution < 1.29 is 14.4 Å². The van der Waals surface area contributed by atoms with Crippen LogP contribution in [0.3, 0.4) is 0 Å². The minimum Gasteiger partial charge on any atom is -0.351 e. The molecule has 0 radical (unpaired) electrons. The monoisotopic (exact) mass is 325 g/mol. The number of imide groups is 1.